The van der Waals surface area contributed by atoms with Crippen LogP contribution in [0.4, 0.5) is 5.69 Å². The Bertz CT molecular complexity index is 1050. The van der Waals surface area contributed by atoms with E-state index in [1.807, 2.05) is 73.7 Å². The van der Waals surface area contributed by atoms with Crippen LogP contribution in [0.15, 0.2) is 89.6 Å². The van der Waals surface area contributed by atoms with Crippen LogP contribution in [0.5, 0.6) is 0 Å². The summed E-state index contributed by atoms with van der Waals surface area (Å²) in [6.45, 7) is 2.01. The Morgan fingerprint density at radius 2 is 1.67 bits per heavy atom. The first-order valence-corrected chi connectivity index (χ1v) is 9.02. The van der Waals surface area contributed by atoms with E-state index in [9.17, 15) is 4.79 Å². The van der Waals surface area contributed by atoms with E-state index in [0.717, 1.165) is 22.4 Å². The van der Waals surface area contributed by atoms with E-state index in [4.69, 9.17) is 11.6 Å². The Morgan fingerprint density at radius 3 is 2.37 bits per heavy atom. The minimum Gasteiger partial charge on any atom is -0.266 e. The largest absolute Gasteiger partial charge is 0.282 e. The number of carbonyl (C=O) groups is 1. The maximum Gasteiger partial charge on any atom is 0.282 e. The van der Waals surface area contributed by atoms with Gasteiger partial charge in [0.25, 0.3) is 5.91 Å². The van der Waals surface area contributed by atoms with E-state index < -0.39 is 0 Å². The summed E-state index contributed by atoms with van der Waals surface area (Å²) in [6, 6.07) is 25.0. The summed E-state index contributed by atoms with van der Waals surface area (Å²) >= 11 is 5.95. The Labute approximate surface area is 163 Å². The van der Waals surface area contributed by atoms with Gasteiger partial charge in [-0.05, 0) is 48.4 Å². The van der Waals surface area contributed by atoms with Crippen molar-refractivity contribution in [3.63, 3.8) is 0 Å². The van der Waals surface area contributed by atoms with Gasteiger partial charge in [-0.15, -0.1) is 0 Å². The Morgan fingerprint density at radius 1 is 0.926 bits per heavy atom. The van der Waals surface area contributed by atoms with E-state index in [1.165, 1.54) is 0 Å². The second-order valence-corrected chi connectivity index (χ2v) is 6.80. The van der Waals surface area contributed by atoms with Crippen LogP contribution in [0, 0.1) is 6.92 Å². The minimum atomic E-state index is -0.144. The molecule has 0 aromatic heterocycles. The van der Waals surface area contributed by atoms with Crippen LogP contribution in [0.25, 0.3) is 6.08 Å². The monoisotopic (exact) mass is 372 g/mol. The predicted octanol–water partition coefficient (Wildman–Crippen LogP) is 5.48. The van der Waals surface area contributed by atoms with Gasteiger partial charge in [0.05, 0.1) is 5.69 Å². The van der Waals surface area contributed by atoms with E-state index in [2.05, 4.69) is 4.99 Å². The number of nitrogens with zero attached hydrogens (tertiary/aromatic N) is 2. The average Bonchev–Trinajstić information content (AvgIpc) is 3.01. The Kier molecular flexibility index (Phi) is 4.61. The van der Waals surface area contributed by atoms with Crippen LogP contribution in [-0.4, -0.2) is 11.7 Å². The minimum absolute atomic E-state index is 0.144. The van der Waals surface area contributed by atoms with Gasteiger partial charge in [-0.1, -0.05) is 66.2 Å². The molecule has 4 rings (SSSR count). The number of halogens is 1. The smallest absolute Gasteiger partial charge is 0.266 e. The van der Waals surface area contributed by atoms with Crippen LogP contribution in [0.2, 0.25) is 5.02 Å². The normalized spacial score (nSPS) is 15.3. The molecule has 0 unspecified atom stereocenters. The third-order valence-electron chi connectivity index (χ3n) is 4.33. The maximum atomic E-state index is 13.2. The van der Waals surface area contributed by atoms with Crippen LogP contribution in [-0.2, 0) is 4.79 Å². The summed E-state index contributed by atoms with van der Waals surface area (Å²) < 4.78 is 0. The Balaban J connectivity index is 1.82. The van der Waals surface area contributed by atoms with E-state index >= 15 is 0 Å². The number of aryl methyl sites for hydroxylation is 1. The zero-order valence-corrected chi connectivity index (χ0v) is 15.5. The lowest BCUT2D eigenvalue weighted by atomic mass is 10.1. The van der Waals surface area contributed by atoms with Gasteiger partial charge < -0.3 is 0 Å². The maximum absolute atomic E-state index is 13.2. The number of amidine groups is 1. The molecule has 0 spiro atoms. The fraction of sp³-hybridized carbons (Fsp3) is 0.0435. The summed E-state index contributed by atoms with van der Waals surface area (Å²) in [6.07, 6.45) is 1.79. The third kappa shape index (κ3) is 3.55. The van der Waals surface area contributed by atoms with Crippen molar-refractivity contribution in [2.45, 2.75) is 6.92 Å². The lowest BCUT2D eigenvalue weighted by Crippen LogP contribution is -2.32. The van der Waals surface area contributed by atoms with Gasteiger partial charge in [-0.2, -0.15) is 0 Å². The molecule has 1 amide bonds. The number of carbonyl (C=O) groups excluding carboxylic acids is 1. The molecule has 0 atom stereocenters. The lowest BCUT2D eigenvalue weighted by Gasteiger charge is -2.19. The molecule has 0 N–H and O–H groups in total. The van der Waals surface area contributed by atoms with Crippen molar-refractivity contribution in [1.82, 2.24) is 0 Å². The molecule has 0 saturated carbocycles. The number of hydrogen-bond donors (Lipinski definition) is 0. The van der Waals surface area contributed by atoms with Crippen molar-refractivity contribution in [2.75, 3.05) is 4.90 Å². The molecular formula is C23H17ClN2O. The molecule has 3 nitrogen and oxygen atoms in total. The standard InChI is InChI=1S/C23H17ClN2O/c1-16-6-5-9-20(14-16)26-22(18-7-3-2-4-8-18)25-21(23(26)27)15-17-10-12-19(24)13-11-17/h2-15H,1H3/b21-15+. The first-order chi connectivity index (χ1) is 13.1. The fourth-order valence-corrected chi connectivity index (χ4v) is 3.15. The Hall–Kier alpha value is -3.17. The highest BCUT2D eigenvalue weighted by molar-refractivity contribution is 6.33. The molecule has 1 aliphatic rings. The predicted molar refractivity (Wildman–Crippen MR) is 111 cm³/mol. The highest BCUT2D eigenvalue weighted by atomic mass is 35.5. The van der Waals surface area contributed by atoms with Crippen molar-refractivity contribution in [2.24, 2.45) is 4.99 Å². The van der Waals surface area contributed by atoms with Gasteiger partial charge in [-0.25, -0.2) is 4.99 Å². The number of anilines is 1. The number of benzene rings is 3. The van der Waals surface area contributed by atoms with Crippen molar-refractivity contribution < 1.29 is 4.79 Å². The molecule has 1 aliphatic heterocycles. The first-order valence-electron chi connectivity index (χ1n) is 8.64. The topological polar surface area (TPSA) is 32.7 Å². The fourth-order valence-electron chi connectivity index (χ4n) is 3.02. The van der Waals surface area contributed by atoms with Gasteiger partial charge >= 0.3 is 0 Å². The molecule has 4 heteroatoms. The van der Waals surface area contributed by atoms with Gasteiger partial charge in [0.15, 0.2) is 0 Å². The van der Waals surface area contributed by atoms with Crippen LogP contribution in [0.3, 0.4) is 0 Å². The summed E-state index contributed by atoms with van der Waals surface area (Å²) in [5.74, 6) is 0.487. The van der Waals surface area contributed by atoms with E-state index in [0.29, 0.717) is 16.6 Å². The quantitative estimate of drug-likeness (QED) is 0.560. The molecule has 3 aromatic carbocycles. The van der Waals surface area contributed by atoms with Gasteiger partial charge in [-0.3, -0.25) is 9.69 Å². The molecule has 1 heterocycles. The molecule has 132 valence electrons. The molecule has 0 radical (unpaired) electrons. The van der Waals surface area contributed by atoms with Gasteiger partial charge in [0, 0.05) is 10.6 Å². The average molecular weight is 373 g/mol. The summed E-state index contributed by atoms with van der Waals surface area (Å²) in [5, 5.41) is 0.657. The lowest BCUT2D eigenvalue weighted by molar-refractivity contribution is -0.113. The van der Waals surface area contributed by atoms with Crippen molar-refractivity contribution in [3.8, 4) is 0 Å². The van der Waals surface area contributed by atoms with Crippen LogP contribution in [0.1, 0.15) is 16.7 Å². The molecule has 0 bridgehead atoms. The molecular weight excluding hydrogens is 356 g/mol. The number of hydrogen-bond acceptors (Lipinski definition) is 2. The second kappa shape index (κ2) is 7.22. The summed E-state index contributed by atoms with van der Waals surface area (Å²) in [5.41, 5.74) is 4.07. The summed E-state index contributed by atoms with van der Waals surface area (Å²) in [4.78, 5) is 19.5. The second-order valence-electron chi connectivity index (χ2n) is 6.36. The van der Waals surface area contributed by atoms with Crippen LogP contribution < -0.4 is 4.90 Å². The molecule has 0 fully saturated rings. The highest BCUT2D eigenvalue weighted by Crippen LogP contribution is 2.28. The zero-order chi connectivity index (χ0) is 18.8. The molecule has 0 aliphatic carbocycles. The number of rotatable bonds is 3. The van der Waals surface area contributed by atoms with Gasteiger partial charge in [0.2, 0.25) is 0 Å². The molecule has 0 saturated heterocycles. The first kappa shape index (κ1) is 17.3. The SMILES string of the molecule is Cc1cccc(N2C(=O)/C(=C\c3ccc(Cl)cc3)N=C2c2ccccc2)c1. The van der Waals surface area contributed by atoms with Crippen LogP contribution >= 0.6 is 11.6 Å². The zero-order valence-electron chi connectivity index (χ0n) is 14.8. The summed E-state index contributed by atoms with van der Waals surface area (Å²) in [7, 11) is 0. The highest BCUT2D eigenvalue weighted by Gasteiger charge is 2.32. The molecule has 27 heavy (non-hydrogen) atoms. The van der Waals surface area contributed by atoms with Crippen molar-refractivity contribution in [1.29, 1.82) is 0 Å². The third-order valence-corrected chi connectivity index (χ3v) is 4.58. The van der Waals surface area contributed by atoms with E-state index in [1.54, 1.807) is 23.1 Å². The van der Waals surface area contributed by atoms with Crippen molar-refractivity contribution >= 4 is 35.1 Å². The number of aliphatic imine (C=N–C) groups is 1. The molecule has 3 aromatic rings. The van der Waals surface area contributed by atoms with E-state index in [-0.39, 0.29) is 5.91 Å². The number of amides is 1. The van der Waals surface area contributed by atoms with Gasteiger partial charge in [0.1, 0.15) is 11.5 Å². The van der Waals surface area contributed by atoms with Crippen molar-refractivity contribution in [3.05, 3.63) is 106 Å².